The van der Waals surface area contributed by atoms with Crippen LogP contribution in [-0.2, 0) is 6.42 Å². The van der Waals surface area contributed by atoms with E-state index in [0.29, 0.717) is 0 Å². The summed E-state index contributed by atoms with van der Waals surface area (Å²) in [5, 5.41) is 0.841. The van der Waals surface area contributed by atoms with Crippen LogP contribution >= 0.6 is 11.6 Å². The molecular weight excluding hydrogens is 268 g/mol. The van der Waals surface area contributed by atoms with Crippen LogP contribution in [-0.4, -0.2) is 18.6 Å². The van der Waals surface area contributed by atoms with Crippen molar-refractivity contribution in [3.05, 3.63) is 28.8 Å². The lowest BCUT2D eigenvalue weighted by molar-refractivity contribution is 0.362. The third kappa shape index (κ3) is 2.82. The number of hydrogen-bond acceptors (Lipinski definition) is 2. The van der Waals surface area contributed by atoms with Crippen LogP contribution in [0.25, 0.3) is 0 Å². The number of benzene rings is 1. The number of halogens is 1. The highest BCUT2D eigenvalue weighted by molar-refractivity contribution is 6.30. The molecule has 3 atom stereocenters. The lowest BCUT2D eigenvalue weighted by atomic mass is 9.90. The average Bonchev–Trinajstić information content (AvgIpc) is 2.88. The molecular formula is C17H25ClN2. The Morgan fingerprint density at radius 1 is 1.30 bits per heavy atom. The zero-order valence-corrected chi connectivity index (χ0v) is 13.1. The Balaban J connectivity index is 1.92. The number of nitrogens with zero attached hydrogens (tertiary/aromatic N) is 1. The monoisotopic (exact) mass is 292 g/mol. The SMILES string of the molecule is CC(N)Cc1ccc(Cl)cc1N1CCCC2CCCC21. The van der Waals surface area contributed by atoms with Crippen molar-refractivity contribution >= 4 is 17.3 Å². The van der Waals surface area contributed by atoms with Crippen molar-refractivity contribution in [1.82, 2.24) is 0 Å². The summed E-state index contributed by atoms with van der Waals surface area (Å²) in [5.41, 5.74) is 8.71. The largest absolute Gasteiger partial charge is 0.368 e. The van der Waals surface area contributed by atoms with Crippen molar-refractivity contribution in [2.24, 2.45) is 11.7 Å². The normalized spacial score (nSPS) is 27.4. The molecule has 1 aliphatic heterocycles. The van der Waals surface area contributed by atoms with Gasteiger partial charge in [-0.15, -0.1) is 0 Å². The molecule has 3 unspecified atom stereocenters. The fraction of sp³-hybridized carbons (Fsp3) is 0.647. The van der Waals surface area contributed by atoms with Crippen molar-refractivity contribution in [1.29, 1.82) is 0 Å². The molecule has 0 spiro atoms. The van der Waals surface area contributed by atoms with Gasteiger partial charge < -0.3 is 10.6 Å². The second-order valence-corrected chi connectivity index (χ2v) is 6.98. The molecule has 3 heteroatoms. The Kier molecular flexibility index (Phi) is 4.23. The molecule has 0 bridgehead atoms. The first kappa shape index (κ1) is 14.2. The van der Waals surface area contributed by atoms with Crippen LogP contribution in [0.1, 0.15) is 44.6 Å². The summed E-state index contributed by atoms with van der Waals surface area (Å²) >= 11 is 6.26. The molecule has 1 aromatic carbocycles. The van der Waals surface area contributed by atoms with E-state index in [1.165, 1.54) is 49.9 Å². The van der Waals surface area contributed by atoms with E-state index in [0.717, 1.165) is 23.4 Å². The highest BCUT2D eigenvalue weighted by atomic mass is 35.5. The summed E-state index contributed by atoms with van der Waals surface area (Å²) in [6.07, 6.45) is 7.78. The Morgan fingerprint density at radius 3 is 2.90 bits per heavy atom. The van der Waals surface area contributed by atoms with Gasteiger partial charge in [-0.2, -0.15) is 0 Å². The summed E-state index contributed by atoms with van der Waals surface area (Å²) in [5.74, 6) is 0.894. The first-order valence-electron chi connectivity index (χ1n) is 7.96. The van der Waals surface area contributed by atoms with E-state index in [1.54, 1.807) is 0 Å². The third-order valence-corrected chi connectivity index (χ3v) is 5.13. The van der Waals surface area contributed by atoms with Gasteiger partial charge in [0.1, 0.15) is 0 Å². The van der Waals surface area contributed by atoms with Crippen LogP contribution < -0.4 is 10.6 Å². The molecule has 2 nitrogen and oxygen atoms in total. The van der Waals surface area contributed by atoms with E-state index in [-0.39, 0.29) is 6.04 Å². The van der Waals surface area contributed by atoms with Crippen LogP contribution in [0.15, 0.2) is 18.2 Å². The lowest BCUT2D eigenvalue weighted by Gasteiger charge is -2.40. The Labute approximate surface area is 127 Å². The minimum Gasteiger partial charge on any atom is -0.368 e. The van der Waals surface area contributed by atoms with Crippen molar-refractivity contribution in [2.45, 2.75) is 57.5 Å². The highest BCUT2D eigenvalue weighted by Crippen LogP contribution is 2.40. The number of rotatable bonds is 3. The van der Waals surface area contributed by atoms with Crippen LogP contribution in [0, 0.1) is 5.92 Å². The Bertz CT molecular complexity index is 472. The third-order valence-electron chi connectivity index (χ3n) is 4.89. The molecule has 1 saturated heterocycles. The van der Waals surface area contributed by atoms with Crippen molar-refractivity contribution < 1.29 is 0 Å². The molecule has 1 saturated carbocycles. The van der Waals surface area contributed by atoms with Gasteiger partial charge in [-0.25, -0.2) is 0 Å². The van der Waals surface area contributed by atoms with Crippen molar-refractivity contribution in [2.75, 3.05) is 11.4 Å². The summed E-state index contributed by atoms with van der Waals surface area (Å²) in [6, 6.07) is 7.24. The van der Waals surface area contributed by atoms with E-state index >= 15 is 0 Å². The van der Waals surface area contributed by atoms with E-state index in [1.807, 2.05) is 6.07 Å². The molecule has 1 aliphatic carbocycles. The van der Waals surface area contributed by atoms with Crippen molar-refractivity contribution in [3.8, 4) is 0 Å². The van der Waals surface area contributed by atoms with E-state index in [9.17, 15) is 0 Å². The number of piperidine rings is 1. The molecule has 110 valence electrons. The van der Waals surface area contributed by atoms with Gasteiger partial charge >= 0.3 is 0 Å². The molecule has 0 radical (unpaired) electrons. The molecule has 2 N–H and O–H groups in total. The maximum absolute atomic E-state index is 6.26. The molecule has 0 aromatic heterocycles. The van der Waals surface area contributed by atoms with Gasteiger partial charge in [-0.05, 0) is 62.6 Å². The molecule has 20 heavy (non-hydrogen) atoms. The van der Waals surface area contributed by atoms with Crippen LogP contribution in [0.2, 0.25) is 5.02 Å². The van der Waals surface area contributed by atoms with Crippen LogP contribution in [0.4, 0.5) is 5.69 Å². The first-order valence-corrected chi connectivity index (χ1v) is 8.33. The standard InChI is InChI=1S/C17H25ClN2/c1-12(19)10-14-7-8-15(18)11-17(14)20-9-3-5-13-4-2-6-16(13)20/h7-8,11-13,16H,2-6,9-10,19H2,1H3. The zero-order chi connectivity index (χ0) is 14.1. The van der Waals surface area contributed by atoms with Gasteiger partial charge in [0.15, 0.2) is 0 Å². The van der Waals surface area contributed by atoms with E-state index < -0.39 is 0 Å². The topological polar surface area (TPSA) is 29.3 Å². The van der Waals surface area contributed by atoms with Gasteiger partial charge in [-0.3, -0.25) is 0 Å². The minimum atomic E-state index is 0.194. The van der Waals surface area contributed by atoms with Gasteiger partial charge in [0.05, 0.1) is 0 Å². The summed E-state index contributed by atoms with van der Waals surface area (Å²) in [7, 11) is 0. The number of nitrogens with two attached hydrogens (primary N) is 1. The molecule has 1 heterocycles. The van der Waals surface area contributed by atoms with Gasteiger partial charge in [-0.1, -0.05) is 24.1 Å². The summed E-state index contributed by atoms with van der Waals surface area (Å²) in [4.78, 5) is 2.63. The van der Waals surface area contributed by atoms with Crippen LogP contribution in [0.5, 0.6) is 0 Å². The van der Waals surface area contributed by atoms with Gasteiger partial charge in [0, 0.05) is 29.3 Å². The predicted octanol–water partition coefficient (Wildman–Crippen LogP) is 4.00. The minimum absolute atomic E-state index is 0.194. The van der Waals surface area contributed by atoms with Crippen LogP contribution in [0.3, 0.4) is 0 Å². The zero-order valence-electron chi connectivity index (χ0n) is 12.3. The fourth-order valence-electron chi connectivity index (χ4n) is 4.08. The van der Waals surface area contributed by atoms with E-state index in [2.05, 4.69) is 24.0 Å². The second-order valence-electron chi connectivity index (χ2n) is 6.55. The Morgan fingerprint density at radius 2 is 2.10 bits per heavy atom. The van der Waals surface area contributed by atoms with E-state index in [4.69, 9.17) is 17.3 Å². The number of fused-ring (bicyclic) bond motifs is 1. The fourth-order valence-corrected chi connectivity index (χ4v) is 4.24. The highest BCUT2D eigenvalue weighted by Gasteiger charge is 2.35. The molecule has 0 amide bonds. The Hall–Kier alpha value is -0.730. The smallest absolute Gasteiger partial charge is 0.0426 e. The van der Waals surface area contributed by atoms with Crippen molar-refractivity contribution in [3.63, 3.8) is 0 Å². The maximum atomic E-state index is 6.26. The van der Waals surface area contributed by atoms with Gasteiger partial charge in [0.25, 0.3) is 0 Å². The number of hydrogen-bond donors (Lipinski definition) is 1. The quantitative estimate of drug-likeness (QED) is 0.912. The number of anilines is 1. The maximum Gasteiger partial charge on any atom is 0.0426 e. The second kappa shape index (κ2) is 5.95. The summed E-state index contributed by atoms with van der Waals surface area (Å²) in [6.45, 7) is 3.25. The summed E-state index contributed by atoms with van der Waals surface area (Å²) < 4.78 is 0. The first-order chi connectivity index (χ1) is 9.65. The molecule has 3 rings (SSSR count). The van der Waals surface area contributed by atoms with Gasteiger partial charge in [0.2, 0.25) is 0 Å². The molecule has 1 aromatic rings. The average molecular weight is 293 g/mol. The molecule has 2 fully saturated rings. The lowest BCUT2D eigenvalue weighted by Crippen LogP contribution is -2.43. The predicted molar refractivity (Wildman–Crippen MR) is 86.5 cm³/mol. The molecule has 2 aliphatic rings.